The van der Waals surface area contributed by atoms with Crippen LogP contribution in [-0.4, -0.2) is 39.2 Å². The van der Waals surface area contributed by atoms with Crippen LogP contribution in [0.1, 0.15) is 42.2 Å². The molecule has 3 aromatic rings. The maximum atomic E-state index is 6.70. The molecule has 0 aromatic carbocycles. The van der Waals surface area contributed by atoms with Crippen LogP contribution >= 0.6 is 22.9 Å². The molecule has 1 N–H and O–H groups in total. The number of nitrogens with zero attached hydrogens (tertiary/aromatic N) is 5. The highest BCUT2D eigenvalue weighted by atomic mass is 35.5. The average Bonchev–Trinajstić information content (AvgIpc) is 3.39. The Bertz CT molecular complexity index is 1070. The fraction of sp³-hybridized carbons (Fsp3) is 0.333. The first-order valence-electron chi connectivity index (χ1n) is 9.62. The van der Waals surface area contributed by atoms with Crippen molar-refractivity contribution in [2.75, 3.05) is 19.4 Å². The molecule has 0 aliphatic heterocycles. The van der Waals surface area contributed by atoms with E-state index in [4.69, 9.17) is 16.6 Å². The Morgan fingerprint density at radius 2 is 2.07 bits per heavy atom. The summed E-state index contributed by atoms with van der Waals surface area (Å²) in [6, 6.07) is 3.79. The first kappa shape index (κ1) is 19.8. The Balaban J connectivity index is 1.64. The summed E-state index contributed by atoms with van der Waals surface area (Å²) in [7, 11) is 3.90. The van der Waals surface area contributed by atoms with Gasteiger partial charge in [0, 0.05) is 43.5 Å². The molecule has 1 fully saturated rings. The molecule has 3 heterocycles. The SMILES string of the molecule is C=C/C(=C\N(C)C)c1cnc2ccc(Nc3nnc(C4CCCC4)s3)nc2c1Cl. The molecule has 1 saturated carbocycles. The summed E-state index contributed by atoms with van der Waals surface area (Å²) in [5.41, 5.74) is 3.06. The van der Waals surface area contributed by atoms with E-state index in [1.165, 1.54) is 25.7 Å². The first-order valence-corrected chi connectivity index (χ1v) is 10.8. The van der Waals surface area contributed by atoms with Gasteiger partial charge in [-0.05, 0) is 25.0 Å². The number of hydrogen-bond donors (Lipinski definition) is 1. The van der Waals surface area contributed by atoms with Gasteiger partial charge in [0.2, 0.25) is 5.13 Å². The van der Waals surface area contributed by atoms with Gasteiger partial charge in [0.25, 0.3) is 0 Å². The number of nitrogens with one attached hydrogen (secondary N) is 1. The second kappa shape index (κ2) is 8.47. The third kappa shape index (κ3) is 4.26. The van der Waals surface area contributed by atoms with Crippen LogP contribution in [0.2, 0.25) is 5.02 Å². The van der Waals surface area contributed by atoms with Crippen molar-refractivity contribution in [1.29, 1.82) is 0 Å². The molecule has 0 unspecified atom stereocenters. The smallest absolute Gasteiger partial charge is 0.211 e. The van der Waals surface area contributed by atoms with E-state index in [1.807, 2.05) is 37.3 Å². The minimum Gasteiger partial charge on any atom is -0.383 e. The third-order valence-corrected chi connectivity index (χ3v) is 6.34. The number of rotatable bonds is 6. The van der Waals surface area contributed by atoms with Gasteiger partial charge in [0.05, 0.1) is 10.5 Å². The lowest BCUT2D eigenvalue weighted by molar-refractivity contribution is 0.566. The molecule has 3 aromatic heterocycles. The largest absolute Gasteiger partial charge is 0.383 e. The number of hydrogen-bond acceptors (Lipinski definition) is 7. The monoisotopic (exact) mass is 426 g/mol. The molecule has 0 atom stereocenters. The first-order chi connectivity index (χ1) is 14.0. The highest BCUT2D eigenvalue weighted by Gasteiger charge is 2.21. The molecule has 8 heteroatoms. The molecule has 0 saturated heterocycles. The Kier molecular flexibility index (Phi) is 5.78. The second-order valence-corrected chi connectivity index (χ2v) is 8.74. The number of halogens is 1. The zero-order valence-electron chi connectivity index (χ0n) is 16.5. The second-order valence-electron chi connectivity index (χ2n) is 7.35. The predicted molar refractivity (Wildman–Crippen MR) is 121 cm³/mol. The lowest BCUT2D eigenvalue weighted by atomic mass is 10.1. The molecule has 0 bridgehead atoms. The average molecular weight is 427 g/mol. The van der Waals surface area contributed by atoms with Crippen LogP contribution in [0, 0.1) is 0 Å². The topological polar surface area (TPSA) is 66.8 Å². The fourth-order valence-corrected chi connectivity index (χ4v) is 4.77. The number of fused-ring (bicyclic) bond motifs is 1. The summed E-state index contributed by atoms with van der Waals surface area (Å²) < 4.78 is 0. The van der Waals surface area contributed by atoms with E-state index in [-0.39, 0.29) is 0 Å². The Morgan fingerprint density at radius 3 is 2.79 bits per heavy atom. The summed E-state index contributed by atoms with van der Waals surface area (Å²) >= 11 is 8.30. The van der Waals surface area contributed by atoms with Gasteiger partial charge < -0.3 is 10.2 Å². The van der Waals surface area contributed by atoms with Crippen molar-refractivity contribution in [2.45, 2.75) is 31.6 Å². The van der Waals surface area contributed by atoms with E-state index in [1.54, 1.807) is 23.6 Å². The van der Waals surface area contributed by atoms with Crippen molar-refractivity contribution in [3.63, 3.8) is 0 Å². The van der Waals surface area contributed by atoms with Crippen molar-refractivity contribution < 1.29 is 0 Å². The highest BCUT2D eigenvalue weighted by molar-refractivity contribution is 7.15. The van der Waals surface area contributed by atoms with Gasteiger partial charge in [-0.2, -0.15) is 0 Å². The van der Waals surface area contributed by atoms with Crippen molar-refractivity contribution in [3.05, 3.63) is 52.8 Å². The maximum absolute atomic E-state index is 6.70. The van der Waals surface area contributed by atoms with Gasteiger partial charge in [-0.25, -0.2) is 4.98 Å². The zero-order chi connectivity index (χ0) is 20.4. The number of aromatic nitrogens is 4. The van der Waals surface area contributed by atoms with Crippen LogP contribution in [-0.2, 0) is 0 Å². The van der Waals surface area contributed by atoms with Gasteiger partial charge in [-0.15, -0.1) is 10.2 Å². The Labute approximate surface area is 179 Å². The molecule has 29 heavy (non-hydrogen) atoms. The zero-order valence-corrected chi connectivity index (χ0v) is 18.1. The molecule has 1 aliphatic rings. The highest BCUT2D eigenvalue weighted by Crippen LogP contribution is 2.37. The van der Waals surface area contributed by atoms with Crippen LogP contribution in [0.25, 0.3) is 16.6 Å². The Hall–Kier alpha value is -2.51. The van der Waals surface area contributed by atoms with Crippen molar-refractivity contribution >= 4 is 50.5 Å². The van der Waals surface area contributed by atoms with Gasteiger partial charge in [0.15, 0.2) is 0 Å². The van der Waals surface area contributed by atoms with E-state index in [0.717, 1.165) is 26.8 Å². The maximum Gasteiger partial charge on any atom is 0.211 e. The fourth-order valence-electron chi connectivity index (χ4n) is 3.55. The molecule has 0 radical (unpaired) electrons. The summed E-state index contributed by atoms with van der Waals surface area (Å²) in [5.74, 6) is 1.22. The summed E-state index contributed by atoms with van der Waals surface area (Å²) in [4.78, 5) is 11.2. The van der Waals surface area contributed by atoms with Crippen molar-refractivity contribution in [3.8, 4) is 0 Å². The molecule has 4 rings (SSSR count). The molecule has 0 spiro atoms. The Morgan fingerprint density at radius 1 is 1.28 bits per heavy atom. The lowest BCUT2D eigenvalue weighted by Crippen LogP contribution is -2.03. The normalized spacial score (nSPS) is 15.1. The summed E-state index contributed by atoms with van der Waals surface area (Å²) in [5, 5.41) is 14.3. The number of anilines is 2. The van der Waals surface area contributed by atoms with E-state index in [0.29, 0.717) is 22.3 Å². The van der Waals surface area contributed by atoms with E-state index in [2.05, 4.69) is 27.1 Å². The van der Waals surface area contributed by atoms with E-state index < -0.39 is 0 Å². The van der Waals surface area contributed by atoms with Crippen LogP contribution < -0.4 is 5.32 Å². The van der Waals surface area contributed by atoms with Gasteiger partial charge in [0.1, 0.15) is 16.3 Å². The third-order valence-electron chi connectivity index (χ3n) is 4.96. The van der Waals surface area contributed by atoms with Crippen LogP contribution in [0.4, 0.5) is 10.9 Å². The summed E-state index contributed by atoms with van der Waals surface area (Å²) in [6.07, 6.45) is 10.5. The van der Waals surface area contributed by atoms with Crippen molar-refractivity contribution in [1.82, 2.24) is 25.1 Å². The minimum atomic E-state index is 0.551. The molecule has 0 amide bonds. The van der Waals surface area contributed by atoms with Gasteiger partial charge >= 0.3 is 0 Å². The van der Waals surface area contributed by atoms with Gasteiger partial charge in [-0.3, -0.25) is 4.98 Å². The van der Waals surface area contributed by atoms with Crippen LogP contribution in [0.5, 0.6) is 0 Å². The van der Waals surface area contributed by atoms with E-state index >= 15 is 0 Å². The standard InChI is InChI=1S/C21H23ClN6S/c1-4-13(12-28(2)3)15-11-23-16-9-10-17(24-19(16)18(15)22)25-21-27-26-20(29-21)14-7-5-6-8-14/h4,9-12,14H,1,5-8H2,2-3H3,(H,24,25,27)/b13-12+. The van der Waals surface area contributed by atoms with E-state index in [9.17, 15) is 0 Å². The van der Waals surface area contributed by atoms with Crippen LogP contribution in [0.15, 0.2) is 37.2 Å². The molecular formula is C21H23ClN6S. The minimum absolute atomic E-state index is 0.551. The molecule has 150 valence electrons. The molecule has 1 aliphatic carbocycles. The molecule has 6 nitrogen and oxygen atoms in total. The lowest BCUT2D eigenvalue weighted by Gasteiger charge is -2.12. The van der Waals surface area contributed by atoms with Crippen LogP contribution in [0.3, 0.4) is 0 Å². The molecular weight excluding hydrogens is 404 g/mol. The number of allylic oxidation sites excluding steroid dienone is 2. The quantitative estimate of drug-likeness (QED) is 0.515. The number of pyridine rings is 2. The summed E-state index contributed by atoms with van der Waals surface area (Å²) in [6.45, 7) is 3.89. The van der Waals surface area contributed by atoms with Crippen molar-refractivity contribution in [2.24, 2.45) is 0 Å². The predicted octanol–water partition coefficient (Wildman–Crippen LogP) is 5.62. The van der Waals surface area contributed by atoms with Gasteiger partial charge in [-0.1, -0.05) is 48.4 Å².